The molecule has 1 amide bonds. The predicted octanol–water partition coefficient (Wildman–Crippen LogP) is 7.66. The second-order valence-electron chi connectivity index (χ2n) is 10.8. The Hall–Kier alpha value is -4.19. The maximum absolute atomic E-state index is 13.0. The van der Waals surface area contributed by atoms with Crippen molar-refractivity contribution in [3.05, 3.63) is 156 Å². The molecule has 5 nitrogen and oxygen atoms in total. The lowest BCUT2D eigenvalue weighted by atomic mass is 9.80. The number of hydrogen-bond acceptors (Lipinski definition) is 4. The third kappa shape index (κ3) is 7.94. The van der Waals surface area contributed by atoms with Crippen molar-refractivity contribution in [2.45, 2.75) is 50.7 Å². The molecule has 0 saturated carbocycles. The summed E-state index contributed by atoms with van der Waals surface area (Å²) >= 11 is 0. The molecule has 0 unspecified atom stereocenters. The van der Waals surface area contributed by atoms with Crippen LogP contribution in [0.5, 0.6) is 0 Å². The zero-order valence-corrected chi connectivity index (χ0v) is 24.0. The van der Waals surface area contributed by atoms with Gasteiger partial charge in [0.25, 0.3) is 0 Å². The number of carbonyl (C=O) groups is 1. The van der Waals surface area contributed by atoms with Gasteiger partial charge in [-0.15, -0.1) is 6.58 Å². The van der Waals surface area contributed by atoms with Crippen molar-refractivity contribution in [2.24, 2.45) is 0 Å². The Morgan fingerprint density at radius 1 is 0.756 bits per heavy atom. The van der Waals surface area contributed by atoms with Gasteiger partial charge >= 0.3 is 6.09 Å². The first-order valence-corrected chi connectivity index (χ1v) is 13.9. The summed E-state index contributed by atoms with van der Waals surface area (Å²) < 4.78 is 18.9. The van der Waals surface area contributed by atoms with Gasteiger partial charge in [0.05, 0.1) is 25.4 Å². The fourth-order valence-electron chi connectivity index (χ4n) is 4.78. The predicted molar refractivity (Wildman–Crippen MR) is 164 cm³/mol. The Morgan fingerprint density at radius 2 is 1.20 bits per heavy atom. The Morgan fingerprint density at radius 3 is 1.61 bits per heavy atom. The molecule has 0 aliphatic carbocycles. The van der Waals surface area contributed by atoms with Gasteiger partial charge in [0.15, 0.2) is 0 Å². The molecule has 4 aromatic carbocycles. The van der Waals surface area contributed by atoms with Gasteiger partial charge in [-0.05, 0) is 43.0 Å². The van der Waals surface area contributed by atoms with E-state index >= 15 is 0 Å². The highest BCUT2D eigenvalue weighted by molar-refractivity contribution is 5.68. The second kappa shape index (κ2) is 13.9. The van der Waals surface area contributed by atoms with E-state index in [0.29, 0.717) is 6.61 Å². The number of benzene rings is 4. The van der Waals surface area contributed by atoms with Crippen LogP contribution in [0.2, 0.25) is 0 Å². The van der Waals surface area contributed by atoms with E-state index < -0.39 is 29.4 Å². The molecule has 0 fully saturated rings. The maximum atomic E-state index is 13.0. The Labute approximate surface area is 243 Å². The summed E-state index contributed by atoms with van der Waals surface area (Å²) in [5, 5.41) is 3.01. The minimum atomic E-state index is -0.956. The van der Waals surface area contributed by atoms with E-state index in [2.05, 4.69) is 48.3 Å². The van der Waals surface area contributed by atoms with Gasteiger partial charge in [-0.3, -0.25) is 0 Å². The van der Waals surface area contributed by atoms with Crippen molar-refractivity contribution in [3.8, 4) is 0 Å². The fourth-order valence-corrected chi connectivity index (χ4v) is 4.78. The Bertz CT molecular complexity index is 1260. The van der Waals surface area contributed by atoms with Crippen LogP contribution in [0.4, 0.5) is 4.79 Å². The van der Waals surface area contributed by atoms with E-state index in [9.17, 15) is 4.79 Å². The molecule has 0 bridgehead atoms. The smallest absolute Gasteiger partial charge is 0.408 e. The molecule has 5 heteroatoms. The molecule has 0 heterocycles. The van der Waals surface area contributed by atoms with Crippen LogP contribution < -0.4 is 5.32 Å². The lowest BCUT2D eigenvalue weighted by Gasteiger charge is -2.38. The van der Waals surface area contributed by atoms with Crippen LogP contribution in [0.3, 0.4) is 0 Å². The molecule has 4 rings (SSSR count). The van der Waals surface area contributed by atoms with E-state index in [4.69, 9.17) is 14.2 Å². The molecule has 0 radical (unpaired) electrons. The summed E-state index contributed by atoms with van der Waals surface area (Å²) in [6, 6.07) is 39.7. The third-order valence-electron chi connectivity index (χ3n) is 6.64. The lowest BCUT2D eigenvalue weighted by molar-refractivity contribution is -0.0376. The number of alkyl carbamates (subject to hydrolysis) is 1. The van der Waals surface area contributed by atoms with Crippen LogP contribution >= 0.6 is 0 Å². The minimum absolute atomic E-state index is 0.114. The van der Waals surface area contributed by atoms with Crippen molar-refractivity contribution in [3.63, 3.8) is 0 Å². The standard InChI is InChI=1S/C36H39NO4/c1-5-33(39-26-28-18-10-6-11-19-28)32(37-34(38)41-35(2,3)4)27-40-36(29-20-12-7-13-21-29,30-22-14-8-15-23-30)31-24-16-9-17-25-31/h5-25,32-33H,1,26-27H2,2-4H3,(H,37,38)/t32-,33-/m0/s1. The summed E-state index contributed by atoms with van der Waals surface area (Å²) in [5.41, 5.74) is 2.30. The molecule has 41 heavy (non-hydrogen) atoms. The maximum Gasteiger partial charge on any atom is 0.408 e. The van der Waals surface area contributed by atoms with Gasteiger partial charge in [-0.2, -0.15) is 0 Å². The molecule has 0 saturated heterocycles. The quantitative estimate of drug-likeness (QED) is 0.146. The van der Waals surface area contributed by atoms with Crippen molar-refractivity contribution in [2.75, 3.05) is 6.61 Å². The molecular formula is C36H39NO4. The largest absolute Gasteiger partial charge is 0.444 e. The number of amides is 1. The van der Waals surface area contributed by atoms with Crippen LogP contribution in [0.1, 0.15) is 43.0 Å². The van der Waals surface area contributed by atoms with E-state index in [1.54, 1.807) is 6.08 Å². The monoisotopic (exact) mass is 549 g/mol. The average molecular weight is 550 g/mol. The van der Waals surface area contributed by atoms with E-state index in [-0.39, 0.29) is 6.61 Å². The molecule has 0 aliphatic rings. The summed E-state index contributed by atoms with van der Waals surface area (Å²) in [5.74, 6) is 0. The number of nitrogens with one attached hydrogen (secondary N) is 1. The normalized spacial score (nSPS) is 13.1. The van der Waals surface area contributed by atoms with Crippen molar-refractivity contribution >= 4 is 6.09 Å². The third-order valence-corrected chi connectivity index (χ3v) is 6.64. The highest BCUT2D eigenvalue weighted by Crippen LogP contribution is 2.40. The number of rotatable bonds is 12. The SMILES string of the molecule is C=C[C@H](OCc1ccccc1)[C@H](COC(c1ccccc1)(c1ccccc1)c1ccccc1)NC(=O)OC(C)(C)C. The lowest BCUT2D eigenvalue weighted by Crippen LogP contribution is -2.50. The molecule has 0 aromatic heterocycles. The molecule has 0 spiro atoms. The number of ether oxygens (including phenoxy) is 3. The van der Waals surface area contributed by atoms with E-state index in [0.717, 1.165) is 22.3 Å². The van der Waals surface area contributed by atoms with Crippen molar-refractivity contribution in [1.82, 2.24) is 5.32 Å². The van der Waals surface area contributed by atoms with Crippen LogP contribution in [-0.2, 0) is 26.4 Å². The number of carbonyl (C=O) groups excluding carboxylic acids is 1. The minimum Gasteiger partial charge on any atom is -0.444 e. The molecule has 4 aromatic rings. The zero-order chi connectivity index (χ0) is 29.1. The first-order valence-electron chi connectivity index (χ1n) is 13.9. The average Bonchev–Trinajstić information content (AvgIpc) is 2.99. The topological polar surface area (TPSA) is 56.8 Å². The molecule has 0 aliphatic heterocycles. The summed E-state index contributed by atoms with van der Waals surface area (Å²) in [7, 11) is 0. The number of hydrogen-bond donors (Lipinski definition) is 1. The Kier molecular flexibility index (Phi) is 10.1. The summed E-state index contributed by atoms with van der Waals surface area (Å²) in [6.45, 7) is 9.99. The van der Waals surface area contributed by atoms with Crippen LogP contribution in [0.15, 0.2) is 134 Å². The van der Waals surface area contributed by atoms with Crippen molar-refractivity contribution in [1.29, 1.82) is 0 Å². The van der Waals surface area contributed by atoms with Gasteiger partial charge in [0, 0.05) is 0 Å². The molecule has 212 valence electrons. The van der Waals surface area contributed by atoms with E-state index in [1.807, 2.05) is 106 Å². The summed E-state index contributed by atoms with van der Waals surface area (Å²) in [4.78, 5) is 13.0. The fraction of sp³-hybridized carbons (Fsp3) is 0.250. The van der Waals surface area contributed by atoms with Gasteiger partial charge in [-0.1, -0.05) is 127 Å². The van der Waals surface area contributed by atoms with Gasteiger partial charge in [-0.25, -0.2) is 4.79 Å². The molecule has 2 atom stereocenters. The highest BCUT2D eigenvalue weighted by atomic mass is 16.6. The van der Waals surface area contributed by atoms with Gasteiger partial charge < -0.3 is 19.5 Å². The Balaban J connectivity index is 1.72. The van der Waals surface area contributed by atoms with Crippen LogP contribution in [0, 0.1) is 0 Å². The van der Waals surface area contributed by atoms with Gasteiger partial charge in [0.1, 0.15) is 11.2 Å². The van der Waals surface area contributed by atoms with Crippen LogP contribution in [0.25, 0.3) is 0 Å². The molecule has 1 N–H and O–H groups in total. The van der Waals surface area contributed by atoms with E-state index in [1.165, 1.54) is 0 Å². The molecular weight excluding hydrogens is 510 g/mol. The first kappa shape index (κ1) is 29.8. The zero-order valence-electron chi connectivity index (χ0n) is 24.0. The second-order valence-corrected chi connectivity index (χ2v) is 10.8. The highest BCUT2D eigenvalue weighted by Gasteiger charge is 2.39. The van der Waals surface area contributed by atoms with Crippen LogP contribution in [-0.4, -0.2) is 30.4 Å². The van der Waals surface area contributed by atoms with Crippen molar-refractivity contribution < 1.29 is 19.0 Å². The summed E-state index contributed by atoms with van der Waals surface area (Å²) in [6.07, 6.45) is 0.595. The van der Waals surface area contributed by atoms with Gasteiger partial charge in [0.2, 0.25) is 0 Å². The first-order chi connectivity index (χ1) is 19.8.